The van der Waals surface area contributed by atoms with Gasteiger partial charge < -0.3 is 20.1 Å². The summed E-state index contributed by atoms with van der Waals surface area (Å²) in [4.78, 5) is 38.6. The van der Waals surface area contributed by atoms with Crippen molar-refractivity contribution < 1.29 is 23.9 Å². The van der Waals surface area contributed by atoms with Gasteiger partial charge in [0.15, 0.2) is 11.5 Å². The number of fused-ring (bicyclic) bond motifs is 1. The molecule has 8 nitrogen and oxygen atoms in total. The standard InChI is InChI=1S/C21H21N3O5/c1-21(15-7-8-16-17(11-15)29-10-9-28-16)19(26)24(20(27)23-21)13-18(25)22-12-14-5-3-2-4-6-14/h2-8,11H,9-10,12-13H2,1H3,(H,22,25)(H,23,27). The van der Waals surface area contributed by atoms with E-state index < -0.39 is 23.4 Å². The van der Waals surface area contributed by atoms with E-state index in [-0.39, 0.29) is 6.54 Å². The van der Waals surface area contributed by atoms with Gasteiger partial charge in [0.25, 0.3) is 5.91 Å². The molecule has 2 heterocycles. The van der Waals surface area contributed by atoms with Crippen LogP contribution in [0.5, 0.6) is 11.5 Å². The molecule has 0 spiro atoms. The Morgan fingerprint density at radius 1 is 1.10 bits per heavy atom. The topological polar surface area (TPSA) is 97.0 Å². The molecule has 0 bridgehead atoms. The number of imide groups is 1. The highest BCUT2D eigenvalue weighted by atomic mass is 16.6. The summed E-state index contributed by atoms with van der Waals surface area (Å²) in [5.74, 6) is 0.214. The third kappa shape index (κ3) is 3.61. The lowest BCUT2D eigenvalue weighted by molar-refractivity contribution is -0.134. The molecule has 1 fully saturated rings. The molecule has 2 aromatic rings. The maximum absolute atomic E-state index is 13.0. The van der Waals surface area contributed by atoms with Crippen LogP contribution in [-0.4, -0.2) is 42.5 Å². The normalized spacial score (nSPS) is 20.4. The lowest BCUT2D eigenvalue weighted by atomic mass is 9.91. The summed E-state index contributed by atoms with van der Waals surface area (Å²) in [5.41, 5.74) is 0.207. The van der Waals surface area contributed by atoms with Gasteiger partial charge in [0, 0.05) is 6.54 Å². The van der Waals surface area contributed by atoms with Gasteiger partial charge in [-0.3, -0.25) is 14.5 Å². The summed E-state index contributed by atoms with van der Waals surface area (Å²) in [6, 6.07) is 13.9. The first kappa shape index (κ1) is 18.8. The van der Waals surface area contributed by atoms with Crippen LogP contribution >= 0.6 is 0 Å². The molecule has 2 aliphatic rings. The number of nitrogens with one attached hydrogen (secondary N) is 2. The largest absolute Gasteiger partial charge is 0.486 e. The zero-order chi connectivity index (χ0) is 20.4. The number of hydrogen-bond donors (Lipinski definition) is 2. The van der Waals surface area contributed by atoms with Crippen molar-refractivity contribution in [3.05, 3.63) is 59.7 Å². The van der Waals surface area contributed by atoms with Crippen molar-refractivity contribution >= 4 is 17.8 Å². The molecule has 0 aromatic heterocycles. The Kier molecular flexibility index (Phi) is 4.84. The van der Waals surface area contributed by atoms with E-state index in [4.69, 9.17) is 9.47 Å². The minimum Gasteiger partial charge on any atom is -0.486 e. The number of rotatable bonds is 5. The summed E-state index contributed by atoms with van der Waals surface area (Å²) >= 11 is 0. The molecule has 2 N–H and O–H groups in total. The second-order valence-electron chi connectivity index (χ2n) is 7.07. The van der Waals surface area contributed by atoms with Gasteiger partial charge in [-0.1, -0.05) is 36.4 Å². The average molecular weight is 395 g/mol. The van der Waals surface area contributed by atoms with Crippen molar-refractivity contribution in [3.63, 3.8) is 0 Å². The Hall–Kier alpha value is -3.55. The smallest absolute Gasteiger partial charge is 0.325 e. The molecule has 2 aromatic carbocycles. The highest BCUT2D eigenvalue weighted by molar-refractivity contribution is 6.09. The van der Waals surface area contributed by atoms with E-state index in [0.29, 0.717) is 36.8 Å². The van der Waals surface area contributed by atoms with Gasteiger partial charge in [-0.2, -0.15) is 0 Å². The average Bonchev–Trinajstić information content (AvgIpc) is 2.96. The number of ether oxygens (including phenoxy) is 2. The lowest BCUT2D eigenvalue weighted by Crippen LogP contribution is -2.43. The Labute approximate surface area is 167 Å². The minimum absolute atomic E-state index is 0.322. The van der Waals surface area contributed by atoms with Crippen LogP contribution in [0.25, 0.3) is 0 Å². The van der Waals surface area contributed by atoms with E-state index in [1.807, 2.05) is 30.3 Å². The maximum Gasteiger partial charge on any atom is 0.325 e. The van der Waals surface area contributed by atoms with E-state index in [1.54, 1.807) is 25.1 Å². The maximum atomic E-state index is 13.0. The Bertz CT molecular complexity index is 962. The third-order valence-electron chi connectivity index (χ3n) is 5.03. The molecule has 1 atom stereocenters. The van der Waals surface area contributed by atoms with Crippen molar-refractivity contribution in [2.24, 2.45) is 0 Å². The highest BCUT2D eigenvalue weighted by Crippen LogP contribution is 2.36. The SMILES string of the molecule is CC1(c2ccc3c(c2)OCCO3)NC(=O)N(CC(=O)NCc2ccccc2)C1=O. The fourth-order valence-electron chi connectivity index (χ4n) is 3.39. The molecule has 1 saturated heterocycles. The van der Waals surface area contributed by atoms with Crippen molar-refractivity contribution in [2.75, 3.05) is 19.8 Å². The van der Waals surface area contributed by atoms with Crippen LogP contribution in [0.2, 0.25) is 0 Å². The van der Waals surface area contributed by atoms with Gasteiger partial charge in [0.2, 0.25) is 5.91 Å². The predicted molar refractivity (Wildman–Crippen MR) is 103 cm³/mol. The van der Waals surface area contributed by atoms with E-state index in [1.165, 1.54) is 0 Å². The molecular formula is C21H21N3O5. The summed E-state index contributed by atoms with van der Waals surface area (Å²) in [6.45, 7) is 2.47. The Morgan fingerprint density at radius 2 is 1.83 bits per heavy atom. The van der Waals surface area contributed by atoms with E-state index in [0.717, 1.165) is 10.5 Å². The van der Waals surface area contributed by atoms with Crippen molar-refractivity contribution in [3.8, 4) is 11.5 Å². The first-order valence-electron chi connectivity index (χ1n) is 9.32. The molecule has 150 valence electrons. The van der Waals surface area contributed by atoms with Crippen LogP contribution < -0.4 is 20.1 Å². The molecule has 0 radical (unpaired) electrons. The number of carbonyl (C=O) groups excluding carboxylic acids is 3. The molecule has 8 heteroatoms. The van der Waals surface area contributed by atoms with E-state index in [9.17, 15) is 14.4 Å². The molecule has 4 amide bonds. The van der Waals surface area contributed by atoms with Crippen molar-refractivity contribution in [1.82, 2.24) is 15.5 Å². The number of hydrogen-bond acceptors (Lipinski definition) is 5. The second-order valence-corrected chi connectivity index (χ2v) is 7.07. The lowest BCUT2D eigenvalue weighted by Gasteiger charge is -2.25. The highest BCUT2D eigenvalue weighted by Gasteiger charge is 2.49. The van der Waals surface area contributed by atoms with Crippen molar-refractivity contribution in [1.29, 1.82) is 0 Å². The Morgan fingerprint density at radius 3 is 2.59 bits per heavy atom. The van der Waals surface area contributed by atoms with Gasteiger partial charge in [-0.25, -0.2) is 4.79 Å². The zero-order valence-electron chi connectivity index (χ0n) is 15.9. The van der Waals surface area contributed by atoms with Crippen LogP contribution in [0.1, 0.15) is 18.1 Å². The molecule has 29 heavy (non-hydrogen) atoms. The third-order valence-corrected chi connectivity index (χ3v) is 5.03. The van der Waals surface area contributed by atoms with Crippen LogP contribution in [-0.2, 0) is 21.7 Å². The summed E-state index contributed by atoms with van der Waals surface area (Å²) in [6.07, 6.45) is 0. The van der Waals surface area contributed by atoms with Gasteiger partial charge in [0.05, 0.1) is 0 Å². The quantitative estimate of drug-likeness (QED) is 0.749. The van der Waals surface area contributed by atoms with Crippen LogP contribution in [0.15, 0.2) is 48.5 Å². The van der Waals surface area contributed by atoms with E-state index >= 15 is 0 Å². The summed E-state index contributed by atoms with van der Waals surface area (Å²) < 4.78 is 11.1. The van der Waals surface area contributed by atoms with Crippen LogP contribution in [0, 0.1) is 0 Å². The first-order chi connectivity index (χ1) is 14.0. The summed E-state index contributed by atoms with van der Waals surface area (Å²) in [5, 5.41) is 5.42. The second kappa shape index (κ2) is 7.46. The number of amides is 4. The molecule has 2 aliphatic heterocycles. The van der Waals surface area contributed by atoms with Crippen LogP contribution in [0.4, 0.5) is 4.79 Å². The molecular weight excluding hydrogens is 374 g/mol. The number of benzene rings is 2. The first-order valence-corrected chi connectivity index (χ1v) is 9.32. The van der Waals surface area contributed by atoms with Gasteiger partial charge >= 0.3 is 6.03 Å². The molecule has 0 aliphatic carbocycles. The fourth-order valence-corrected chi connectivity index (χ4v) is 3.39. The zero-order valence-corrected chi connectivity index (χ0v) is 15.9. The Balaban J connectivity index is 1.46. The minimum atomic E-state index is -1.29. The van der Waals surface area contributed by atoms with Gasteiger partial charge in [-0.15, -0.1) is 0 Å². The number of urea groups is 1. The van der Waals surface area contributed by atoms with Crippen molar-refractivity contribution in [2.45, 2.75) is 19.0 Å². The van der Waals surface area contributed by atoms with Gasteiger partial charge in [-0.05, 0) is 30.2 Å². The molecule has 4 rings (SSSR count). The molecule has 1 unspecified atom stereocenters. The van der Waals surface area contributed by atoms with Crippen LogP contribution in [0.3, 0.4) is 0 Å². The van der Waals surface area contributed by atoms with Gasteiger partial charge in [0.1, 0.15) is 25.3 Å². The monoisotopic (exact) mass is 395 g/mol. The predicted octanol–water partition coefficient (Wildman–Crippen LogP) is 1.54. The van der Waals surface area contributed by atoms with E-state index in [2.05, 4.69) is 10.6 Å². The number of nitrogens with zero attached hydrogens (tertiary/aromatic N) is 1. The fraction of sp³-hybridized carbons (Fsp3) is 0.286. The summed E-state index contributed by atoms with van der Waals surface area (Å²) in [7, 11) is 0. The number of carbonyl (C=O) groups is 3. The molecule has 0 saturated carbocycles.